The molecule has 0 aliphatic heterocycles. The van der Waals surface area contributed by atoms with Crippen molar-refractivity contribution >= 4 is 59.1 Å². The van der Waals surface area contributed by atoms with Crippen LogP contribution in [-0.2, 0) is 40.0 Å². The van der Waals surface area contributed by atoms with Crippen LogP contribution in [0.25, 0.3) is 0 Å². The Bertz CT molecular complexity index is 55.0. The molecule has 0 saturated carbocycles. The molecular formula is C2H8Na2O8. The molecule has 0 fully saturated rings. The summed E-state index contributed by atoms with van der Waals surface area (Å²) in [5.41, 5.74) is 0. The average molecular weight is 206 g/mol. The Labute approximate surface area is 112 Å². The fourth-order valence-corrected chi connectivity index (χ4v) is 0.101. The van der Waals surface area contributed by atoms with Gasteiger partial charge in [0.05, 0.1) is 14.2 Å². The summed E-state index contributed by atoms with van der Waals surface area (Å²) in [6.07, 6.45) is 0. The first-order valence-electron chi connectivity index (χ1n) is 1.98. The molecule has 10 heteroatoms. The predicted octanol–water partition coefficient (Wildman–Crippen LogP) is -1.51. The van der Waals surface area contributed by atoms with Crippen LogP contribution in [-0.4, -0.2) is 73.3 Å². The average Bonchev–Trinajstić information content (AvgIpc) is 1.97. The Kier molecular flexibility index (Phi) is 29.7. The van der Waals surface area contributed by atoms with E-state index in [1.165, 1.54) is 14.2 Å². The van der Waals surface area contributed by atoms with Crippen LogP contribution < -0.4 is 0 Å². The van der Waals surface area contributed by atoms with Gasteiger partial charge in [0, 0.05) is 0 Å². The van der Waals surface area contributed by atoms with Gasteiger partial charge in [0.2, 0.25) is 0 Å². The van der Waals surface area contributed by atoms with E-state index in [0.29, 0.717) is 0 Å². The molecule has 8 nitrogen and oxygen atoms in total. The minimum absolute atomic E-state index is 0. The Morgan fingerprint density at radius 1 is 0.500 bits per heavy atom. The van der Waals surface area contributed by atoms with Gasteiger partial charge in [-0.15, -0.1) is 0 Å². The minimum atomic E-state index is 0. The van der Waals surface area contributed by atoms with Gasteiger partial charge in [0.15, 0.2) is 0 Å². The molecule has 0 rings (SSSR count). The molecule has 0 bridgehead atoms. The molecule has 0 heterocycles. The van der Waals surface area contributed by atoms with Crippen molar-refractivity contribution in [3.05, 3.63) is 0 Å². The summed E-state index contributed by atoms with van der Waals surface area (Å²) in [5, 5.41) is 21.8. The van der Waals surface area contributed by atoms with E-state index in [1.54, 1.807) is 0 Å². The zero-order valence-corrected chi connectivity index (χ0v) is 5.27. The standard InChI is InChI=1S/C2H6O8.2Na.2H/c1-3-5-7-9-10-8-6-4-2;;;;/h1-2H3;;;;. The topological polar surface area (TPSA) is 73.8 Å². The maximum absolute atomic E-state index is 3.89. The third-order valence-corrected chi connectivity index (χ3v) is 0.275. The SMILES string of the molecule is COOOOOOOOC.[NaH].[NaH]. The summed E-state index contributed by atoms with van der Waals surface area (Å²) >= 11 is 0. The molecule has 0 aromatic carbocycles. The van der Waals surface area contributed by atoms with Crippen molar-refractivity contribution < 1.29 is 40.0 Å². The molecule has 0 unspecified atom stereocenters. The third-order valence-electron chi connectivity index (χ3n) is 0.275. The molecule has 0 aliphatic carbocycles. The van der Waals surface area contributed by atoms with Crippen molar-refractivity contribution in [1.82, 2.24) is 0 Å². The zero-order valence-electron chi connectivity index (χ0n) is 5.27. The Balaban J connectivity index is -0.000000405. The quantitative estimate of drug-likeness (QED) is 0.215. The van der Waals surface area contributed by atoms with Crippen molar-refractivity contribution in [1.29, 1.82) is 0 Å². The molecule has 0 spiro atoms. The zero-order chi connectivity index (χ0) is 7.66. The van der Waals surface area contributed by atoms with Crippen molar-refractivity contribution in [3.8, 4) is 0 Å². The Hall–Kier alpha value is 1.68. The van der Waals surface area contributed by atoms with E-state index < -0.39 is 0 Å². The van der Waals surface area contributed by atoms with Gasteiger partial charge >= 0.3 is 59.1 Å². The van der Waals surface area contributed by atoms with Crippen molar-refractivity contribution in [3.63, 3.8) is 0 Å². The first-order valence-corrected chi connectivity index (χ1v) is 1.98. The van der Waals surface area contributed by atoms with Crippen molar-refractivity contribution in [2.75, 3.05) is 14.2 Å². The van der Waals surface area contributed by atoms with Crippen LogP contribution in [0.4, 0.5) is 0 Å². The molecule has 0 saturated heterocycles. The van der Waals surface area contributed by atoms with E-state index in [9.17, 15) is 0 Å². The number of hydrogen-bond acceptors (Lipinski definition) is 8. The van der Waals surface area contributed by atoms with Crippen molar-refractivity contribution in [2.24, 2.45) is 0 Å². The predicted molar refractivity (Wildman–Crippen MR) is 34.8 cm³/mol. The molecule has 0 amide bonds. The third kappa shape index (κ3) is 17.7. The summed E-state index contributed by atoms with van der Waals surface area (Å²) in [6, 6.07) is 0. The summed E-state index contributed by atoms with van der Waals surface area (Å²) in [4.78, 5) is 7.79. The van der Waals surface area contributed by atoms with Gasteiger partial charge in [-0.2, -0.15) is 0 Å². The number of rotatable bonds is 7. The van der Waals surface area contributed by atoms with Gasteiger partial charge in [-0.3, -0.25) is 0 Å². The molecule has 0 aromatic rings. The van der Waals surface area contributed by atoms with Crippen LogP contribution in [0.3, 0.4) is 0 Å². The van der Waals surface area contributed by atoms with Crippen LogP contribution in [0, 0.1) is 0 Å². The van der Waals surface area contributed by atoms with Gasteiger partial charge in [-0.1, -0.05) is 0 Å². The van der Waals surface area contributed by atoms with Gasteiger partial charge in [-0.05, 0) is 30.2 Å². The molecule has 0 atom stereocenters. The van der Waals surface area contributed by atoms with Crippen LogP contribution in [0.2, 0.25) is 0 Å². The second kappa shape index (κ2) is 18.5. The van der Waals surface area contributed by atoms with Gasteiger partial charge in [0.1, 0.15) is 0 Å². The molecule has 0 radical (unpaired) electrons. The Morgan fingerprint density at radius 3 is 1.00 bits per heavy atom. The van der Waals surface area contributed by atoms with Gasteiger partial charge in [-0.25, -0.2) is 9.78 Å². The van der Waals surface area contributed by atoms with E-state index >= 15 is 0 Å². The van der Waals surface area contributed by atoms with Crippen LogP contribution in [0.1, 0.15) is 0 Å². The summed E-state index contributed by atoms with van der Waals surface area (Å²) in [6.45, 7) is 0. The fourth-order valence-electron chi connectivity index (χ4n) is 0.101. The molecule has 0 aliphatic rings. The van der Waals surface area contributed by atoms with Crippen LogP contribution in [0.5, 0.6) is 0 Å². The van der Waals surface area contributed by atoms with Crippen LogP contribution >= 0.6 is 0 Å². The first kappa shape index (κ1) is 19.3. The number of hydrogen-bond donors (Lipinski definition) is 0. The second-order valence-corrected chi connectivity index (χ2v) is 0.742. The van der Waals surface area contributed by atoms with E-state index in [0.717, 1.165) is 0 Å². The monoisotopic (exact) mass is 206 g/mol. The van der Waals surface area contributed by atoms with E-state index in [-0.39, 0.29) is 59.1 Å². The molecule has 12 heavy (non-hydrogen) atoms. The summed E-state index contributed by atoms with van der Waals surface area (Å²) in [7, 11) is 2.38. The molecular weight excluding hydrogens is 198 g/mol. The summed E-state index contributed by atoms with van der Waals surface area (Å²) < 4.78 is 0. The van der Waals surface area contributed by atoms with Crippen molar-refractivity contribution in [2.45, 2.75) is 0 Å². The molecule has 0 aromatic heterocycles. The second-order valence-electron chi connectivity index (χ2n) is 0.742. The molecule has 66 valence electrons. The van der Waals surface area contributed by atoms with Gasteiger partial charge in [0.25, 0.3) is 0 Å². The summed E-state index contributed by atoms with van der Waals surface area (Å²) in [5.74, 6) is 0. The van der Waals surface area contributed by atoms with E-state index in [2.05, 4.69) is 40.0 Å². The van der Waals surface area contributed by atoms with E-state index in [1.807, 2.05) is 0 Å². The van der Waals surface area contributed by atoms with Gasteiger partial charge < -0.3 is 0 Å². The molecule has 0 N–H and O–H groups in total. The first-order chi connectivity index (χ1) is 4.91. The Morgan fingerprint density at radius 2 is 0.750 bits per heavy atom. The van der Waals surface area contributed by atoms with E-state index in [4.69, 9.17) is 0 Å². The van der Waals surface area contributed by atoms with Crippen LogP contribution in [0.15, 0.2) is 0 Å². The maximum atomic E-state index is 3.89. The normalized spacial score (nSPS) is 8.50. The fraction of sp³-hybridized carbons (Fsp3) is 1.00.